The van der Waals surface area contributed by atoms with Crippen molar-refractivity contribution in [3.05, 3.63) is 107 Å². The standard InChI is InChI=1S/C31H27BrN4O3/c32-27-10-11-28(26-4-2-1-3-25(26)27)39-20-30(37)34-24-8-5-21(6-9-24)22-13-16-35(17-14-22)31(38)23-7-12-29-33-15-18-36(29)19-23/h1-12,15,18-19,22H,13-14,16-17,20H2,(H,34,37). The molecule has 1 fully saturated rings. The summed E-state index contributed by atoms with van der Waals surface area (Å²) in [4.78, 5) is 31.7. The molecule has 3 heterocycles. The summed E-state index contributed by atoms with van der Waals surface area (Å²) < 4.78 is 8.69. The number of pyridine rings is 1. The first-order valence-corrected chi connectivity index (χ1v) is 13.8. The van der Waals surface area contributed by atoms with Crippen molar-refractivity contribution in [2.45, 2.75) is 18.8 Å². The van der Waals surface area contributed by atoms with Gasteiger partial charge in [0, 0.05) is 47.2 Å². The van der Waals surface area contributed by atoms with Crippen LogP contribution in [-0.4, -0.2) is 45.8 Å². The molecule has 0 bridgehead atoms. The molecular formula is C31H27BrN4O3. The number of imidazole rings is 1. The first-order valence-electron chi connectivity index (χ1n) is 13.0. The normalized spacial score (nSPS) is 14.0. The predicted molar refractivity (Wildman–Crippen MR) is 155 cm³/mol. The van der Waals surface area contributed by atoms with Gasteiger partial charge in [-0.25, -0.2) is 4.98 Å². The van der Waals surface area contributed by atoms with E-state index in [1.54, 1.807) is 6.20 Å². The molecule has 0 aliphatic carbocycles. The number of benzene rings is 3. The van der Waals surface area contributed by atoms with Crippen LogP contribution >= 0.6 is 15.9 Å². The number of halogens is 1. The van der Waals surface area contributed by atoms with Crippen LogP contribution in [0, 0.1) is 0 Å². The van der Waals surface area contributed by atoms with Gasteiger partial charge >= 0.3 is 0 Å². The number of carbonyl (C=O) groups excluding carboxylic acids is 2. The molecule has 1 aliphatic heterocycles. The Morgan fingerprint density at radius 3 is 2.51 bits per heavy atom. The second-order valence-corrected chi connectivity index (χ2v) is 10.6. The number of carbonyl (C=O) groups is 2. The average Bonchev–Trinajstić information content (AvgIpc) is 3.45. The number of hydrogen-bond acceptors (Lipinski definition) is 4. The summed E-state index contributed by atoms with van der Waals surface area (Å²) in [6, 6.07) is 23.4. The Morgan fingerprint density at radius 2 is 1.72 bits per heavy atom. The SMILES string of the molecule is O=C(COc1ccc(Br)c2ccccc12)Nc1ccc(C2CCN(C(=O)c3ccc4nccn4c3)CC2)cc1. The van der Waals surface area contributed by atoms with Crippen LogP contribution in [0.1, 0.15) is 34.7 Å². The number of piperidine rings is 1. The van der Waals surface area contributed by atoms with Crippen molar-refractivity contribution in [3.63, 3.8) is 0 Å². The lowest BCUT2D eigenvalue weighted by atomic mass is 9.89. The highest BCUT2D eigenvalue weighted by atomic mass is 79.9. The molecule has 0 unspecified atom stereocenters. The van der Waals surface area contributed by atoms with Gasteiger partial charge in [-0.3, -0.25) is 9.59 Å². The summed E-state index contributed by atoms with van der Waals surface area (Å²) >= 11 is 3.56. The van der Waals surface area contributed by atoms with Gasteiger partial charge in [-0.1, -0.05) is 52.3 Å². The Bertz CT molecular complexity index is 1660. The third kappa shape index (κ3) is 5.38. The van der Waals surface area contributed by atoms with E-state index in [9.17, 15) is 9.59 Å². The summed E-state index contributed by atoms with van der Waals surface area (Å²) in [6.45, 7) is 1.35. The van der Waals surface area contributed by atoms with Gasteiger partial charge < -0.3 is 19.4 Å². The van der Waals surface area contributed by atoms with Gasteiger partial charge in [0.25, 0.3) is 11.8 Å². The van der Waals surface area contributed by atoms with Crippen LogP contribution in [0.2, 0.25) is 0 Å². The fourth-order valence-corrected chi connectivity index (χ4v) is 5.66. The molecule has 0 spiro atoms. The molecule has 0 saturated carbocycles. The quantitative estimate of drug-likeness (QED) is 0.255. The van der Waals surface area contributed by atoms with Crippen molar-refractivity contribution >= 4 is 49.9 Å². The van der Waals surface area contributed by atoms with Crippen LogP contribution in [0.5, 0.6) is 5.75 Å². The summed E-state index contributed by atoms with van der Waals surface area (Å²) in [5, 5.41) is 4.91. The fourth-order valence-electron chi connectivity index (χ4n) is 5.18. The minimum absolute atomic E-state index is 0.0560. The van der Waals surface area contributed by atoms with Crippen LogP contribution in [0.25, 0.3) is 16.4 Å². The van der Waals surface area contributed by atoms with Gasteiger partial charge in [-0.15, -0.1) is 0 Å². The zero-order chi connectivity index (χ0) is 26.8. The lowest BCUT2D eigenvalue weighted by Gasteiger charge is -2.32. The van der Waals surface area contributed by atoms with Crippen LogP contribution in [-0.2, 0) is 4.79 Å². The molecule has 7 nitrogen and oxygen atoms in total. The second-order valence-electron chi connectivity index (χ2n) is 9.73. The van der Waals surface area contributed by atoms with Gasteiger partial charge in [0.1, 0.15) is 11.4 Å². The molecule has 2 amide bonds. The van der Waals surface area contributed by atoms with Crippen molar-refractivity contribution in [1.29, 1.82) is 0 Å². The van der Waals surface area contributed by atoms with Crippen LogP contribution < -0.4 is 10.1 Å². The number of ether oxygens (including phenoxy) is 1. The minimum Gasteiger partial charge on any atom is -0.483 e. The number of anilines is 1. The van der Waals surface area contributed by atoms with Crippen molar-refractivity contribution in [1.82, 2.24) is 14.3 Å². The Morgan fingerprint density at radius 1 is 0.949 bits per heavy atom. The van der Waals surface area contributed by atoms with Gasteiger partial charge in [0.15, 0.2) is 6.61 Å². The summed E-state index contributed by atoms with van der Waals surface area (Å²) in [5.41, 5.74) is 3.46. The summed E-state index contributed by atoms with van der Waals surface area (Å²) in [7, 11) is 0. The van der Waals surface area contributed by atoms with Crippen molar-refractivity contribution in [3.8, 4) is 5.75 Å². The first-order chi connectivity index (χ1) is 19.0. The van der Waals surface area contributed by atoms with E-state index in [2.05, 4.69) is 38.4 Å². The van der Waals surface area contributed by atoms with Gasteiger partial charge in [-0.2, -0.15) is 0 Å². The highest BCUT2D eigenvalue weighted by Crippen LogP contribution is 2.32. The van der Waals surface area contributed by atoms with E-state index in [4.69, 9.17) is 4.74 Å². The number of fused-ring (bicyclic) bond motifs is 2. The smallest absolute Gasteiger partial charge is 0.262 e. The lowest BCUT2D eigenvalue weighted by molar-refractivity contribution is -0.118. The number of nitrogens with one attached hydrogen (secondary N) is 1. The Labute approximate surface area is 234 Å². The number of hydrogen-bond donors (Lipinski definition) is 1. The summed E-state index contributed by atoms with van der Waals surface area (Å²) in [6.07, 6.45) is 7.22. The van der Waals surface area contributed by atoms with E-state index < -0.39 is 0 Å². The van der Waals surface area contributed by atoms with Crippen molar-refractivity contribution < 1.29 is 14.3 Å². The van der Waals surface area contributed by atoms with E-state index in [1.807, 2.05) is 82.4 Å². The predicted octanol–water partition coefficient (Wildman–Crippen LogP) is 6.29. The van der Waals surface area contributed by atoms with Gasteiger partial charge in [0.2, 0.25) is 0 Å². The molecule has 2 aromatic heterocycles. The zero-order valence-electron chi connectivity index (χ0n) is 21.2. The number of rotatable bonds is 6. The molecule has 1 aliphatic rings. The van der Waals surface area contributed by atoms with Gasteiger partial charge in [-0.05, 0) is 66.1 Å². The maximum Gasteiger partial charge on any atom is 0.262 e. The molecule has 1 N–H and O–H groups in total. The molecule has 196 valence electrons. The van der Waals surface area contributed by atoms with Crippen LogP contribution in [0.3, 0.4) is 0 Å². The average molecular weight is 583 g/mol. The van der Waals surface area contributed by atoms with Crippen molar-refractivity contribution in [2.24, 2.45) is 0 Å². The van der Waals surface area contributed by atoms with E-state index in [-0.39, 0.29) is 18.4 Å². The van der Waals surface area contributed by atoms with E-state index >= 15 is 0 Å². The molecule has 3 aromatic carbocycles. The second kappa shape index (κ2) is 10.9. The van der Waals surface area contributed by atoms with Crippen molar-refractivity contribution in [2.75, 3.05) is 25.0 Å². The van der Waals surface area contributed by atoms with E-state index in [0.29, 0.717) is 30.3 Å². The topological polar surface area (TPSA) is 75.9 Å². The third-order valence-electron chi connectivity index (χ3n) is 7.27. The Hall–Kier alpha value is -4.17. The Kier molecular flexibility index (Phi) is 7.02. The fraction of sp³-hybridized carbons (Fsp3) is 0.194. The highest BCUT2D eigenvalue weighted by Gasteiger charge is 2.25. The minimum atomic E-state index is -0.213. The number of nitrogens with zero attached hydrogens (tertiary/aromatic N) is 3. The maximum absolute atomic E-state index is 13.0. The molecule has 8 heteroatoms. The Balaban J connectivity index is 1.01. The summed E-state index contributed by atoms with van der Waals surface area (Å²) in [5.74, 6) is 0.895. The molecule has 0 radical (unpaired) electrons. The lowest BCUT2D eigenvalue weighted by Crippen LogP contribution is -2.38. The largest absolute Gasteiger partial charge is 0.483 e. The molecule has 1 saturated heterocycles. The number of amides is 2. The van der Waals surface area contributed by atoms with Gasteiger partial charge in [0.05, 0.1) is 5.56 Å². The third-order valence-corrected chi connectivity index (χ3v) is 7.96. The molecule has 5 aromatic rings. The first kappa shape index (κ1) is 25.1. The van der Waals surface area contributed by atoms with Crippen LogP contribution in [0.4, 0.5) is 5.69 Å². The zero-order valence-corrected chi connectivity index (χ0v) is 22.8. The monoisotopic (exact) mass is 582 g/mol. The van der Waals surface area contributed by atoms with Crippen LogP contribution in [0.15, 0.2) is 95.9 Å². The molecular weight excluding hydrogens is 556 g/mol. The molecule has 6 rings (SSSR count). The molecule has 0 atom stereocenters. The highest BCUT2D eigenvalue weighted by molar-refractivity contribution is 9.10. The molecule has 39 heavy (non-hydrogen) atoms. The maximum atomic E-state index is 13.0. The van der Waals surface area contributed by atoms with E-state index in [0.717, 1.165) is 39.4 Å². The van der Waals surface area contributed by atoms with E-state index in [1.165, 1.54) is 5.56 Å². The number of aromatic nitrogens is 2. The number of likely N-dealkylation sites (tertiary alicyclic amines) is 1.